The van der Waals surface area contributed by atoms with E-state index in [2.05, 4.69) is 6.92 Å². The van der Waals surface area contributed by atoms with Crippen molar-refractivity contribution < 1.29 is 9.59 Å². The normalized spacial score (nSPS) is 21.5. The summed E-state index contributed by atoms with van der Waals surface area (Å²) in [4.78, 5) is 27.6. The third kappa shape index (κ3) is 1.45. The molecular formula is C14H16N2O2. The van der Waals surface area contributed by atoms with Crippen LogP contribution in [0, 0.1) is 0 Å². The number of hydrogen-bond acceptors (Lipinski definition) is 2. The van der Waals surface area contributed by atoms with Crippen molar-refractivity contribution in [3.8, 4) is 0 Å². The molecule has 3 rings (SSSR count). The number of nitrogens with zero attached hydrogens (tertiary/aromatic N) is 2. The molecule has 0 spiro atoms. The van der Waals surface area contributed by atoms with Crippen LogP contribution in [0.1, 0.15) is 25.3 Å². The first-order valence-electron chi connectivity index (χ1n) is 6.46. The highest BCUT2D eigenvalue weighted by molar-refractivity contribution is 6.16. The molecule has 0 radical (unpaired) electrons. The molecule has 3 amide bonds. The largest absolute Gasteiger partial charge is 0.332 e. The Morgan fingerprint density at radius 3 is 2.83 bits per heavy atom. The van der Waals surface area contributed by atoms with Crippen molar-refractivity contribution in [1.82, 2.24) is 4.90 Å². The highest BCUT2D eigenvalue weighted by atomic mass is 16.2. The van der Waals surface area contributed by atoms with Gasteiger partial charge < -0.3 is 0 Å². The lowest BCUT2D eigenvalue weighted by Crippen LogP contribution is -2.33. The van der Waals surface area contributed by atoms with Crippen molar-refractivity contribution in [3.63, 3.8) is 0 Å². The molecule has 1 fully saturated rings. The van der Waals surface area contributed by atoms with E-state index in [1.165, 1.54) is 4.90 Å². The van der Waals surface area contributed by atoms with Crippen LogP contribution in [0.5, 0.6) is 0 Å². The number of benzene rings is 1. The molecular weight excluding hydrogens is 228 g/mol. The number of urea groups is 1. The van der Waals surface area contributed by atoms with Crippen LogP contribution in [0.4, 0.5) is 10.5 Å². The fraction of sp³-hybridized carbons (Fsp3) is 0.429. The predicted molar refractivity (Wildman–Crippen MR) is 68.4 cm³/mol. The van der Waals surface area contributed by atoms with Gasteiger partial charge in [-0.3, -0.25) is 14.6 Å². The highest BCUT2D eigenvalue weighted by Crippen LogP contribution is 2.37. The molecule has 2 heterocycles. The van der Waals surface area contributed by atoms with Crippen LogP contribution in [-0.4, -0.2) is 29.4 Å². The van der Waals surface area contributed by atoms with E-state index in [0.717, 1.165) is 24.1 Å². The van der Waals surface area contributed by atoms with Gasteiger partial charge in [0.25, 0.3) is 5.91 Å². The molecule has 1 atom stereocenters. The Labute approximate surface area is 106 Å². The second kappa shape index (κ2) is 4.12. The lowest BCUT2D eigenvalue weighted by Gasteiger charge is -2.16. The minimum absolute atomic E-state index is 0.0374. The lowest BCUT2D eigenvalue weighted by atomic mass is 10.1. The van der Waals surface area contributed by atoms with Gasteiger partial charge in [-0.05, 0) is 18.1 Å². The van der Waals surface area contributed by atoms with Crippen molar-refractivity contribution in [2.75, 3.05) is 11.4 Å². The molecule has 1 aromatic rings. The van der Waals surface area contributed by atoms with Gasteiger partial charge in [-0.2, -0.15) is 0 Å². The minimum atomic E-state index is -0.299. The molecule has 0 N–H and O–H groups in total. The number of anilines is 1. The Morgan fingerprint density at radius 2 is 2.06 bits per heavy atom. The maximum Gasteiger partial charge on any atom is 0.332 e. The third-order valence-electron chi connectivity index (χ3n) is 3.70. The van der Waals surface area contributed by atoms with Crippen molar-refractivity contribution in [3.05, 3.63) is 29.8 Å². The molecule has 4 nitrogen and oxygen atoms in total. The minimum Gasteiger partial charge on any atom is -0.281 e. The molecule has 0 bridgehead atoms. The van der Waals surface area contributed by atoms with E-state index in [0.29, 0.717) is 13.0 Å². The number of para-hydroxylation sites is 1. The third-order valence-corrected chi connectivity index (χ3v) is 3.70. The zero-order valence-electron chi connectivity index (χ0n) is 10.4. The van der Waals surface area contributed by atoms with Crippen molar-refractivity contribution in [2.24, 2.45) is 0 Å². The number of rotatable bonds is 3. The molecule has 1 unspecified atom stereocenters. The zero-order valence-corrected chi connectivity index (χ0v) is 10.4. The number of imide groups is 1. The van der Waals surface area contributed by atoms with Gasteiger partial charge in [0.1, 0.15) is 6.04 Å². The molecule has 18 heavy (non-hydrogen) atoms. The number of carbonyl (C=O) groups is 2. The molecule has 94 valence electrons. The Kier molecular flexibility index (Phi) is 2.58. The number of hydrogen-bond donors (Lipinski definition) is 0. The molecule has 2 aliphatic rings. The molecule has 0 aromatic heterocycles. The quantitative estimate of drug-likeness (QED) is 0.765. The summed E-state index contributed by atoms with van der Waals surface area (Å²) in [6.45, 7) is 2.60. The first-order valence-corrected chi connectivity index (χ1v) is 6.46. The predicted octanol–water partition coefficient (Wildman–Crippen LogP) is 2.18. The molecule has 2 aliphatic heterocycles. The lowest BCUT2D eigenvalue weighted by molar-refractivity contribution is -0.127. The number of fused-ring (bicyclic) bond motifs is 3. The number of unbranched alkanes of at least 4 members (excludes halogenated alkanes) is 1. The Bertz CT molecular complexity index is 512. The summed E-state index contributed by atoms with van der Waals surface area (Å²) in [5.41, 5.74) is 2.00. The first kappa shape index (κ1) is 11.3. The summed E-state index contributed by atoms with van der Waals surface area (Å²) in [6.07, 6.45) is 2.52. The van der Waals surface area contributed by atoms with Crippen LogP contribution in [0.2, 0.25) is 0 Å². The molecule has 4 heteroatoms. The summed E-state index contributed by atoms with van der Waals surface area (Å²) < 4.78 is 0. The molecule has 1 aromatic carbocycles. The summed E-state index contributed by atoms with van der Waals surface area (Å²) >= 11 is 0. The van der Waals surface area contributed by atoms with Gasteiger partial charge >= 0.3 is 6.03 Å². The summed E-state index contributed by atoms with van der Waals surface area (Å²) in [6, 6.07) is 7.32. The van der Waals surface area contributed by atoms with Crippen LogP contribution in [0.15, 0.2) is 24.3 Å². The van der Waals surface area contributed by atoms with Gasteiger partial charge in [-0.1, -0.05) is 31.5 Å². The van der Waals surface area contributed by atoms with Gasteiger partial charge in [0.15, 0.2) is 0 Å². The van der Waals surface area contributed by atoms with E-state index in [1.54, 1.807) is 4.90 Å². The van der Waals surface area contributed by atoms with Crippen molar-refractivity contribution in [2.45, 2.75) is 32.2 Å². The van der Waals surface area contributed by atoms with Gasteiger partial charge in [-0.15, -0.1) is 0 Å². The Balaban J connectivity index is 1.91. The molecule has 0 saturated carbocycles. The van der Waals surface area contributed by atoms with Crippen molar-refractivity contribution >= 4 is 17.6 Å². The van der Waals surface area contributed by atoms with E-state index in [-0.39, 0.29) is 18.0 Å². The highest BCUT2D eigenvalue weighted by Gasteiger charge is 2.49. The van der Waals surface area contributed by atoms with Gasteiger partial charge in [0.05, 0.1) is 0 Å². The Hall–Kier alpha value is -1.84. The zero-order chi connectivity index (χ0) is 12.7. The first-order chi connectivity index (χ1) is 8.74. The van der Waals surface area contributed by atoms with Crippen LogP contribution in [0.3, 0.4) is 0 Å². The summed E-state index contributed by atoms with van der Waals surface area (Å²) in [5, 5.41) is 0. The summed E-state index contributed by atoms with van der Waals surface area (Å²) in [5.74, 6) is -0.0374. The average molecular weight is 244 g/mol. The van der Waals surface area contributed by atoms with E-state index < -0.39 is 0 Å². The SMILES string of the molecule is CCCCN1C(=O)C2Cc3ccccc3N2C1=O. The smallest absolute Gasteiger partial charge is 0.281 e. The van der Waals surface area contributed by atoms with E-state index in [4.69, 9.17) is 0 Å². The van der Waals surface area contributed by atoms with Crippen molar-refractivity contribution in [1.29, 1.82) is 0 Å². The molecule has 1 saturated heterocycles. The van der Waals surface area contributed by atoms with Crippen LogP contribution in [-0.2, 0) is 11.2 Å². The fourth-order valence-electron chi connectivity index (χ4n) is 2.75. The number of carbonyl (C=O) groups excluding carboxylic acids is 2. The second-order valence-corrected chi connectivity index (χ2v) is 4.84. The van der Waals surface area contributed by atoms with E-state index in [9.17, 15) is 9.59 Å². The van der Waals surface area contributed by atoms with Crippen LogP contribution < -0.4 is 4.90 Å². The Morgan fingerprint density at radius 1 is 1.28 bits per heavy atom. The summed E-state index contributed by atoms with van der Waals surface area (Å²) in [7, 11) is 0. The van der Waals surface area contributed by atoms with E-state index >= 15 is 0 Å². The maximum atomic E-state index is 12.3. The number of amides is 3. The molecule has 0 aliphatic carbocycles. The topological polar surface area (TPSA) is 40.6 Å². The maximum absolute atomic E-state index is 12.3. The van der Waals surface area contributed by atoms with E-state index in [1.807, 2.05) is 24.3 Å². The second-order valence-electron chi connectivity index (χ2n) is 4.84. The average Bonchev–Trinajstić information content (AvgIpc) is 2.86. The van der Waals surface area contributed by atoms with Crippen LogP contribution >= 0.6 is 0 Å². The van der Waals surface area contributed by atoms with Gasteiger partial charge in [-0.25, -0.2) is 4.79 Å². The fourth-order valence-corrected chi connectivity index (χ4v) is 2.75. The van der Waals surface area contributed by atoms with Crippen LogP contribution in [0.25, 0.3) is 0 Å². The monoisotopic (exact) mass is 244 g/mol. The van der Waals surface area contributed by atoms with Gasteiger partial charge in [0.2, 0.25) is 0 Å². The standard InChI is InChI=1S/C14H16N2O2/c1-2-3-8-15-13(17)12-9-10-6-4-5-7-11(10)16(12)14(15)18/h4-7,12H,2-3,8-9H2,1H3. The van der Waals surface area contributed by atoms with Gasteiger partial charge in [0, 0.05) is 18.7 Å².